The summed E-state index contributed by atoms with van der Waals surface area (Å²) in [6, 6.07) is 11.7. The van der Waals surface area contributed by atoms with Crippen molar-refractivity contribution in [2.75, 3.05) is 13.1 Å². The average Bonchev–Trinajstić information content (AvgIpc) is 2.85. The fraction of sp³-hybridized carbons (Fsp3) is 0.500. The highest BCUT2D eigenvalue weighted by atomic mass is 19.1. The van der Waals surface area contributed by atoms with Crippen LogP contribution >= 0.6 is 0 Å². The summed E-state index contributed by atoms with van der Waals surface area (Å²) in [5, 5.41) is 25.5. The van der Waals surface area contributed by atoms with Gasteiger partial charge in [-0.05, 0) is 59.6 Å². The third-order valence-electron chi connectivity index (χ3n) is 7.35. The van der Waals surface area contributed by atoms with Crippen molar-refractivity contribution in [3.05, 3.63) is 82.6 Å². The SMILES string of the molecule is CC(C)(C)c1cccc(C2(NCC(O)C(Cc3cc(F)cc(F)c3)NCC(N)=CC=N)CCCCC2)c1. The van der Waals surface area contributed by atoms with E-state index in [-0.39, 0.29) is 23.9 Å². The first-order chi connectivity index (χ1) is 17.5. The van der Waals surface area contributed by atoms with Crippen LogP contribution in [0.3, 0.4) is 0 Å². The first-order valence-electron chi connectivity index (χ1n) is 13.2. The molecule has 3 rings (SSSR count). The molecular formula is C30H42F2N4O. The smallest absolute Gasteiger partial charge is 0.126 e. The number of benzene rings is 2. The highest BCUT2D eigenvalue weighted by Crippen LogP contribution is 2.38. The van der Waals surface area contributed by atoms with E-state index in [1.165, 1.54) is 35.8 Å². The van der Waals surface area contributed by atoms with Crippen molar-refractivity contribution in [3.63, 3.8) is 0 Å². The first-order valence-corrected chi connectivity index (χ1v) is 13.2. The maximum Gasteiger partial charge on any atom is 0.126 e. The second-order valence-corrected chi connectivity index (χ2v) is 11.3. The number of hydrogen-bond acceptors (Lipinski definition) is 5. The quantitative estimate of drug-likeness (QED) is 0.272. The highest BCUT2D eigenvalue weighted by Gasteiger charge is 2.35. The van der Waals surface area contributed by atoms with Crippen molar-refractivity contribution in [2.24, 2.45) is 5.73 Å². The molecule has 0 aliphatic heterocycles. The second kappa shape index (κ2) is 12.8. The lowest BCUT2D eigenvalue weighted by Gasteiger charge is -2.41. The maximum absolute atomic E-state index is 13.9. The van der Waals surface area contributed by atoms with Gasteiger partial charge in [-0.15, -0.1) is 0 Å². The van der Waals surface area contributed by atoms with Gasteiger partial charge in [0.1, 0.15) is 11.6 Å². The molecule has 5 nitrogen and oxygen atoms in total. The van der Waals surface area contributed by atoms with Crippen LogP contribution in [0.15, 0.2) is 54.2 Å². The van der Waals surface area contributed by atoms with Crippen molar-refractivity contribution in [2.45, 2.75) is 82.4 Å². The molecule has 2 aromatic rings. The van der Waals surface area contributed by atoms with Gasteiger partial charge in [0.05, 0.1) is 6.10 Å². The van der Waals surface area contributed by atoms with Crippen molar-refractivity contribution >= 4 is 6.21 Å². The number of aliphatic hydroxyl groups is 1. The fourth-order valence-corrected chi connectivity index (χ4v) is 5.19. The summed E-state index contributed by atoms with van der Waals surface area (Å²) in [6.07, 6.45) is 7.33. The van der Waals surface area contributed by atoms with Crippen LogP contribution in [0.2, 0.25) is 0 Å². The van der Waals surface area contributed by atoms with E-state index in [0.717, 1.165) is 38.0 Å². The lowest BCUT2D eigenvalue weighted by molar-refractivity contribution is 0.104. The van der Waals surface area contributed by atoms with Crippen molar-refractivity contribution in [1.82, 2.24) is 10.6 Å². The monoisotopic (exact) mass is 512 g/mol. The summed E-state index contributed by atoms with van der Waals surface area (Å²) in [6.45, 7) is 7.18. The minimum atomic E-state index is -0.844. The zero-order valence-electron chi connectivity index (χ0n) is 22.3. The largest absolute Gasteiger partial charge is 0.401 e. The van der Waals surface area contributed by atoms with Crippen LogP contribution in [0.25, 0.3) is 0 Å². The molecule has 0 saturated heterocycles. The Morgan fingerprint density at radius 2 is 1.78 bits per heavy atom. The Hall–Kier alpha value is -2.61. The average molecular weight is 513 g/mol. The van der Waals surface area contributed by atoms with Crippen molar-refractivity contribution < 1.29 is 13.9 Å². The van der Waals surface area contributed by atoms with E-state index >= 15 is 0 Å². The molecule has 202 valence electrons. The molecule has 2 atom stereocenters. The minimum absolute atomic E-state index is 0.0323. The molecule has 1 aliphatic rings. The van der Waals surface area contributed by atoms with Gasteiger partial charge >= 0.3 is 0 Å². The molecule has 1 aliphatic carbocycles. The zero-order chi connectivity index (χ0) is 27.1. The number of allylic oxidation sites excluding steroid dienone is 1. The van der Waals surface area contributed by atoms with Gasteiger partial charge in [0.15, 0.2) is 0 Å². The number of aliphatic hydroxyl groups excluding tert-OH is 1. The highest BCUT2D eigenvalue weighted by molar-refractivity contribution is 5.68. The maximum atomic E-state index is 13.9. The lowest BCUT2D eigenvalue weighted by atomic mass is 9.74. The Balaban J connectivity index is 1.82. The molecule has 2 unspecified atom stereocenters. The van der Waals surface area contributed by atoms with E-state index in [1.807, 2.05) is 0 Å². The van der Waals surface area contributed by atoms with Crippen LogP contribution in [-0.2, 0) is 17.4 Å². The van der Waals surface area contributed by atoms with Crippen LogP contribution in [0.4, 0.5) is 8.78 Å². The zero-order valence-corrected chi connectivity index (χ0v) is 22.3. The number of hydrogen-bond donors (Lipinski definition) is 5. The molecule has 1 saturated carbocycles. The number of nitrogens with two attached hydrogens (primary N) is 1. The van der Waals surface area contributed by atoms with Crippen molar-refractivity contribution in [1.29, 1.82) is 5.41 Å². The Morgan fingerprint density at radius 3 is 2.41 bits per heavy atom. The van der Waals surface area contributed by atoms with Crippen LogP contribution in [0, 0.1) is 17.0 Å². The predicted molar refractivity (Wildman–Crippen MR) is 147 cm³/mol. The van der Waals surface area contributed by atoms with E-state index in [9.17, 15) is 13.9 Å². The van der Waals surface area contributed by atoms with Gasteiger partial charge < -0.3 is 26.9 Å². The summed E-state index contributed by atoms with van der Waals surface area (Å²) in [5.74, 6) is -1.30. The summed E-state index contributed by atoms with van der Waals surface area (Å²) in [5.41, 5.74) is 9.14. The van der Waals surface area contributed by atoms with Gasteiger partial charge in [-0.25, -0.2) is 8.78 Å². The number of nitrogens with one attached hydrogen (secondary N) is 3. The molecule has 0 spiro atoms. The number of rotatable bonds is 11. The summed E-state index contributed by atoms with van der Waals surface area (Å²) < 4.78 is 27.7. The van der Waals surface area contributed by atoms with Gasteiger partial charge in [-0.2, -0.15) is 0 Å². The summed E-state index contributed by atoms with van der Waals surface area (Å²) in [7, 11) is 0. The van der Waals surface area contributed by atoms with Crippen molar-refractivity contribution in [3.8, 4) is 0 Å². The van der Waals surface area contributed by atoms with Gasteiger partial charge in [-0.3, -0.25) is 0 Å². The van der Waals surface area contributed by atoms with E-state index in [2.05, 4.69) is 55.7 Å². The topological polar surface area (TPSA) is 94.2 Å². The van der Waals surface area contributed by atoms with E-state index in [1.54, 1.807) is 0 Å². The lowest BCUT2D eigenvalue weighted by Crippen LogP contribution is -2.52. The molecule has 0 bridgehead atoms. The van der Waals surface area contributed by atoms with Gasteiger partial charge in [0.25, 0.3) is 0 Å². The van der Waals surface area contributed by atoms with Gasteiger partial charge in [-0.1, -0.05) is 64.3 Å². The Labute approximate surface area is 220 Å². The van der Waals surface area contributed by atoms with Gasteiger partial charge in [0.2, 0.25) is 0 Å². The summed E-state index contributed by atoms with van der Waals surface area (Å²) in [4.78, 5) is 0. The Kier molecular flexibility index (Phi) is 9.99. The molecule has 0 amide bonds. The molecule has 1 fully saturated rings. The van der Waals surface area contributed by atoms with E-state index in [4.69, 9.17) is 11.1 Å². The van der Waals surface area contributed by atoms with Crippen LogP contribution in [0.5, 0.6) is 0 Å². The van der Waals surface area contributed by atoms with E-state index < -0.39 is 23.8 Å². The second-order valence-electron chi connectivity index (χ2n) is 11.3. The fourth-order valence-electron chi connectivity index (χ4n) is 5.19. The third kappa shape index (κ3) is 8.19. The van der Waals surface area contributed by atoms with Crippen LogP contribution in [-0.4, -0.2) is 36.6 Å². The molecule has 0 aromatic heterocycles. The molecular weight excluding hydrogens is 470 g/mol. The van der Waals surface area contributed by atoms with Gasteiger partial charge in [0, 0.05) is 42.6 Å². The molecule has 37 heavy (non-hydrogen) atoms. The molecule has 0 radical (unpaired) electrons. The molecule has 2 aromatic carbocycles. The first kappa shape index (κ1) is 29.0. The predicted octanol–water partition coefficient (Wildman–Crippen LogP) is 5.07. The molecule has 7 heteroatoms. The third-order valence-corrected chi connectivity index (χ3v) is 7.35. The van der Waals surface area contributed by atoms with Crippen LogP contribution in [0.1, 0.15) is 69.6 Å². The number of halogens is 2. The molecule has 0 heterocycles. The molecule has 6 N–H and O–H groups in total. The standard InChI is InChI=1S/C30H42F2N4O/c1-29(2,3)22-8-7-9-23(17-22)30(11-5-4-6-12-30)36-20-28(37)27(35-19-26(34)10-13-33)16-21-14-24(31)18-25(32)15-21/h7-10,13-15,17-18,27-28,33,35-37H,4-6,11-12,16,19-20,34H2,1-3H3. The minimum Gasteiger partial charge on any atom is -0.401 e. The Morgan fingerprint density at radius 1 is 1.11 bits per heavy atom. The summed E-state index contributed by atoms with van der Waals surface area (Å²) >= 11 is 0. The normalized spacial score (nSPS) is 17.8. The Bertz CT molecular complexity index is 1050. The van der Waals surface area contributed by atoms with Crippen LogP contribution < -0.4 is 16.4 Å². The van der Waals surface area contributed by atoms with E-state index in [0.29, 0.717) is 17.8 Å².